The third-order valence-corrected chi connectivity index (χ3v) is 14.2. The standard InChI is InChI=1S/C26H31NO.C26H29N/c1-14-11-20-12-21(13-23(20)17(4)15(14)2)26(7,28)24-18(5)16(3)19(6)25-22(24)9-10-27(25)8;1-14-11-22-12-21(13-24(22)17(4)15(14)2)20(7)25-18(5)16(3)19(6)26-23(25)9-10-27(26)8/h9-11,13,28H,12H2,1-8H3;9-11,13H,7,12H2,1-6,8H3. The first-order valence-corrected chi connectivity index (χ1v) is 19.9. The van der Waals surface area contributed by atoms with Crippen molar-refractivity contribution >= 4 is 39.5 Å². The summed E-state index contributed by atoms with van der Waals surface area (Å²) in [6.45, 7) is 33.0. The predicted octanol–water partition coefficient (Wildman–Crippen LogP) is 12.6. The Morgan fingerprint density at radius 3 is 1.62 bits per heavy atom. The topological polar surface area (TPSA) is 30.1 Å². The van der Waals surface area contributed by atoms with Gasteiger partial charge in [0.25, 0.3) is 0 Å². The van der Waals surface area contributed by atoms with Crippen LogP contribution in [0.4, 0.5) is 0 Å². The summed E-state index contributed by atoms with van der Waals surface area (Å²) in [7, 11) is 4.22. The molecule has 2 heterocycles. The van der Waals surface area contributed by atoms with Gasteiger partial charge in [-0.3, -0.25) is 0 Å². The van der Waals surface area contributed by atoms with E-state index in [2.05, 4.69) is 162 Å². The summed E-state index contributed by atoms with van der Waals surface area (Å²) in [4.78, 5) is 0. The minimum atomic E-state index is -1.00. The molecule has 0 spiro atoms. The number of aliphatic hydroxyl groups is 1. The molecular weight excluding hydrogens is 669 g/mol. The molecule has 4 aromatic carbocycles. The SMILES string of the molecule is C=C(C1=Cc2c(cc(C)c(C)c2C)C1)c1c(C)c(C)c(C)c2c1ccn2C.Cc1cc2c(c(C)c1C)C=C(C(C)(O)c1c(C)c(C)c(C)c3c1ccn3C)C2. The minimum Gasteiger partial charge on any atom is -0.381 e. The summed E-state index contributed by atoms with van der Waals surface area (Å²) in [6.07, 6.45) is 10.7. The third kappa shape index (κ3) is 5.81. The molecule has 8 rings (SSSR count). The van der Waals surface area contributed by atoms with E-state index in [0.717, 1.165) is 29.4 Å². The second-order valence-electron chi connectivity index (χ2n) is 17.2. The normalized spacial score (nSPS) is 14.5. The van der Waals surface area contributed by atoms with Crippen molar-refractivity contribution in [3.05, 3.63) is 155 Å². The van der Waals surface area contributed by atoms with Crippen LogP contribution in [-0.4, -0.2) is 14.2 Å². The van der Waals surface area contributed by atoms with Crippen molar-refractivity contribution in [1.82, 2.24) is 9.13 Å². The van der Waals surface area contributed by atoms with Gasteiger partial charge >= 0.3 is 0 Å². The highest BCUT2D eigenvalue weighted by Crippen LogP contribution is 2.45. The van der Waals surface area contributed by atoms with Crippen molar-refractivity contribution < 1.29 is 5.11 Å². The largest absolute Gasteiger partial charge is 0.381 e. The van der Waals surface area contributed by atoms with Crippen LogP contribution in [-0.2, 0) is 32.5 Å². The molecule has 2 aliphatic rings. The molecule has 0 amide bonds. The van der Waals surface area contributed by atoms with Gasteiger partial charge < -0.3 is 14.2 Å². The fourth-order valence-corrected chi connectivity index (χ4v) is 9.86. The Bertz CT molecular complexity index is 2710. The van der Waals surface area contributed by atoms with Gasteiger partial charge in [-0.25, -0.2) is 0 Å². The average Bonchev–Trinajstić information content (AvgIpc) is 3.94. The van der Waals surface area contributed by atoms with Crippen molar-refractivity contribution in [1.29, 1.82) is 0 Å². The molecule has 3 nitrogen and oxygen atoms in total. The molecule has 284 valence electrons. The highest BCUT2D eigenvalue weighted by molar-refractivity contribution is 6.02. The maximum atomic E-state index is 11.9. The highest BCUT2D eigenvalue weighted by Gasteiger charge is 2.36. The van der Waals surface area contributed by atoms with Crippen molar-refractivity contribution in [2.45, 2.75) is 108 Å². The lowest BCUT2D eigenvalue weighted by molar-refractivity contribution is 0.0975. The number of hydrogen-bond donors (Lipinski definition) is 1. The number of aryl methyl sites for hydroxylation is 6. The Hall–Kier alpha value is -4.86. The Kier molecular flexibility index (Phi) is 9.37. The maximum Gasteiger partial charge on any atom is 0.109 e. The zero-order valence-corrected chi connectivity index (χ0v) is 36.1. The van der Waals surface area contributed by atoms with Gasteiger partial charge in [0.1, 0.15) is 5.60 Å². The molecular formula is C52H60N2O. The Morgan fingerprint density at radius 2 is 1.05 bits per heavy atom. The number of allylic oxidation sites excluding steroid dienone is 2. The number of fused-ring (bicyclic) bond motifs is 4. The fourth-order valence-electron chi connectivity index (χ4n) is 9.86. The second kappa shape index (κ2) is 13.4. The number of rotatable bonds is 4. The molecule has 0 radical (unpaired) electrons. The molecule has 3 heteroatoms. The van der Waals surface area contributed by atoms with Crippen molar-refractivity contribution in [2.75, 3.05) is 0 Å². The van der Waals surface area contributed by atoms with Crippen molar-refractivity contribution in [3.8, 4) is 0 Å². The van der Waals surface area contributed by atoms with E-state index in [9.17, 15) is 5.11 Å². The third-order valence-electron chi connectivity index (χ3n) is 14.2. The maximum absolute atomic E-state index is 11.9. The number of benzene rings is 4. The van der Waals surface area contributed by atoms with Gasteiger partial charge in [0.05, 0.1) is 11.0 Å². The second-order valence-corrected chi connectivity index (χ2v) is 17.2. The van der Waals surface area contributed by atoms with Gasteiger partial charge in [-0.1, -0.05) is 30.9 Å². The zero-order valence-electron chi connectivity index (χ0n) is 36.1. The smallest absolute Gasteiger partial charge is 0.109 e. The van der Waals surface area contributed by atoms with E-state index in [4.69, 9.17) is 0 Å². The van der Waals surface area contributed by atoms with Gasteiger partial charge in [0, 0.05) is 37.3 Å². The monoisotopic (exact) mass is 728 g/mol. The van der Waals surface area contributed by atoms with Gasteiger partial charge in [-0.05, 0) is 232 Å². The molecule has 6 aromatic rings. The molecule has 0 saturated carbocycles. The molecule has 0 saturated heterocycles. The molecule has 1 unspecified atom stereocenters. The van der Waals surface area contributed by atoms with E-state index in [-0.39, 0.29) is 0 Å². The van der Waals surface area contributed by atoms with E-state index in [0.29, 0.717) is 0 Å². The number of hydrogen-bond acceptors (Lipinski definition) is 1. The zero-order chi connectivity index (χ0) is 40.2. The first-order valence-electron chi connectivity index (χ1n) is 19.9. The predicted molar refractivity (Wildman–Crippen MR) is 238 cm³/mol. The summed E-state index contributed by atoms with van der Waals surface area (Å²) in [5.74, 6) is 0. The summed E-state index contributed by atoms with van der Waals surface area (Å²) >= 11 is 0. The average molecular weight is 729 g/mol. The minimum absolute atomic E-state index is 0.811. The molecule has 2 aromatic heterocycles. The number of nitrogens with zero attached hydrogens (tertiary/aromatic N) is 2. The fraction of sp³-hybridized carbons (Fsp3) is 0.346. The Balaban J connectivity index is 0.000000169. The van der Waals surface area contributed by atoms with Crippen molar-refractivity contribution in [2.24, 2.45) is 14.1 Å². The highest BCUT2D eigenvalue weighted by atomic mass is 16.3. The van der Waals surface area contributed by atoms with Crippen LogP contribution in [0, 0.1) is 83.1 Å². The van der Waals surface area contributed by atoms with Crippen LogP contribution < -0.4 is 0 Å². The van der Waals surface area contributed by atoms with Gasteiger partial charge in [0.15, 0.2) is 0 Å². The number of aromatic nitrogens is 2. The quantitative estimate of drug-likeness (QED) is 0.192. The van der Waals surface area contributed by atoms with E-state index in [1.165, 1.54) is 122 Å². The molecule has 0 aliphatic heterocycles. The van der Waals surface area contributed by atoms with Crippen LogP contribution in [0.15, 0.2) is 54.4 Å². The molecule has 0 fully saturated rings. The van der Waals surface area contributed by atoms with E-state index in [1.807, 2.05) is 6.92 Å². The van der Waals surface area contributed by atoms with Gasteiger partial charge in [-0.2, -0.15) is 0 Å². The molecule has 2 aliphatic carbocycles. The van der Waals surface area contributed by atoms with Crippen LogP contribution in [0.3, 0.4) is 0 Å². The molecule has 1 N–H and O–H groups in total. The molecule has 55 heavy (non-hydrogen) atoms. The molecule has 1 atom stereocenters. The summed E-state index contributed by atoms with van der Waals surface area (Å²) < 4.78 is 4.41. The summed E-state index contributed by atoms with van der Waals surface area (Å²) in [6, 6.07) is 9.06. The van der Waals surface area contributed by atoms with Crippen LogP contribution in [0.25, 0.3) is 39.5 Å². The van der Waals surface area contributed by atoms with Crippen LogP contribution in [0.5, 0.6) is 0 Å². The van der Waals surface area contributed by atoms with Crippen molar-refractivity contribution in [3.63, 3.8) is 0 Å². The lowest BCUT2D eigenvalue weighted by Gasteiger charge is -2.30. The first-order chi connectivity index (χ1) is 25.8. The lowest BCUT2D eigenvalue weighted by Crippen LogP contribution is -2.26. The van der Waals surface area contributed by atoms with E-state index >= 15 is 0 Å². The summed E-state index contributed by atoms with van der Waals surface area (Å²) in [5.41, 5.74) is 29.1. The lowest BCUT2D eigenvalue weighted by atomic mass is 9.80. The Morgan fingerprint density at radius 1 is 0.582 bits per heavy atom. The van der Waals surface area contributed by atoms with Gasteiger partial charge in [-0.15, -0.1) is 0 Å². The van der Waals surface area contributed by atoms with Crippen LogP contribution in [0.2, 0.25) is 0 Å². The van der Waals surface area contributed by atoms with Crippen LogP contribution >= 0.6 is 0 Å². The van der Waals surface area contributed by atoms with E-state index < -0.39 is 5.60 Å². The van der Waals surface area contributed by atoms with E-state index in [1.54, 1.807) is 0 Å². The van der Waals surface area contributed by atoms with Gasteiger partial charge in [0.2, 0.25) is 0 Å². The first kappa shape index (κ1) is 38.4. The van der Waals surface area contributed by atoms with Crippen LogP contribution in [0.1, 0.15) is 107 Å². The Labute approximate surface area is 329 Å². The molecule has 0 bridgehead atoms. The summed E-state index contributed by atoms with van der Waals surface area (Å²) in [5, 5.41) is 14.4.